The van der Waals surface area contributed by atoms with Crippen molar-refractivity contribution in [3.05, 3.63) is 92.9 Å². The van der Waals surface area contributed by atoms with Gasteiger partial charge in [-0.3, -0.25) is 9.59 Å². The first kappa shape index (κ1) is 22.9. The Labute approximate surface area is 195 Å². The number of hydrogen-bond acceptors (Lipinski definition) is 3. The number of nitrogens with zero attached hydrogens (tertiary/aromatic N) is 1. The van der Waals surface area contributed by atoms with Gasteiger partial charge < -0.3 is 15.0 Å². The molecule has 0 saturated heterocycles. The maximum absolute atomic E-state index is 13.2. The summed E-state index contributed by atoms with van der Waals surface area (Å²) in [6, 6.07) is 18.5. The van der Waals surface area contributed by atoms with Crippen LogP contribution in [0.25, 0.3) is 0 Å². The Bertz CT molecular complexity index is 1070. The Morgan fingerprint density at radius 2 is 1.58 bits per heavy atom. The number of nitrogens with one attached hydrogen (secondary N) is 1. The quantitative estimate of drug-likeness (QED) is 0.458. The molecule has 0 atom stereocenters. The van der Waals surface area contributed by atoms with Crippen LogP contribution in [-0.2, 0) is 11.3 Å². The minimum absolute atomic E-state index is 0.0618. The number of methoxy groups -OCH3 is 1. The molecule has 3 aromatic rings. The molecule has 3 rings (SSSR count). The van der Waals surface area contributed by atoms with Crippen LogP contribution < -0.4 is 10.1 Å². The van der Waals surface area contributed by atoms with Crippen LogP contribution in [0.4, 0.5) is 5.69 Å². The van der Waals surface area contributed by atoms with Gasteiger partial charge in [0, 0.05) is 38.4 Å². The molecule has 0 bridgehead atoms. The predicted octanol–water partition coefficient (Wildman–Crippen LogP) is 5.94. The van der Waals surface area contributed by atoms with E-state index in [1.165, 1.54) is 4.90 Å². The smallest absolute Gasteiger partial charge is 0.254 e. The fourth-order valence-corrected chi connectivity index (χ4v) is 3.64. The average Bonchev–Trinajstić information content (AvgIpc) is 2.75. The summed E-state index contributed by atoms with van der Waals surface area (Å²) in [5, 5.41) is 4.07. The SMILES string of the molecule is COc1ccc(C(=O)N(CC(=O)Nc2cccc(Cl)c2)Cc2c(Cl)cccc2Cl)cc1. The number of carbonyl (C=O) groups is 2. The van der Waals surface area contributed by atoms with Gasteiger partial charge in [0.2, 0.25) is 5.91 Å². The zero-order valence-electron chi connectivity index (χ0n) is 16.6. The summed E-state index contributed by atoms with van der Waals surface area (Å²) in [5.41, 5.74) is 1.49. The minimum Gasteiger partial charge on any atom is -0.497 e. The van der Waals surface area contributed by atoms with Crippen molar-refractivity contribution in [2.24, 2.45) is 0 Å². The Balaban J connectivity index is 1.85. The number of carbonyl (C=O) groups excluding carboxylic acids is 2. The third-order valence-electron chi connectivity index (χ3n) is 4.48. The summed E-state index contributed by atoms with van der Waals surface area (Å²) in [6.45, 7) is -0.148. The van der Waals surface area contributed by atoms with E-state index in [0.717, 1.165) is 0 Å². The second-order valence-corrected chi connectivity index (χ2v) is 7.90. The largest absolute Gasteiger partial charge is 0.497 e. The molecule has 0 aliphatic heterocycles. The zero-order chi connectivity index (χ0) is 22.4. The lowest BCUT2D eigenvalue weighted by Crippen LogP contribution is -2.37. The van der Waals surface area contributed by atoms with Gasteiger partial charge in [0.1, 0.15) is 12.3 Å². The number of amides is 2. The van der Waals surface area contributed by atoms with Crippen molar-refractivity contribution in [3.8, 4) is 5.75 Å². The molecular weight excluding hydrogens is 459 g/mol. The Kier molecular flexibility index (Phi) is 7.80. The van der Waals surface area contributed by atoms with E-state index in [1.54, 1.807) is 73.8 Å². The van der Waals surface area contributed by atoms with Crippen LogP contribution in [0.2, 0.25) is 15.1 Å². The normalized spacial score (nSPS) is 10.5. The van der Waals surface area contributed by atoms with Crippen LogP contribution in [0.15, 0.2) is 66.7 Å². The van der Waals surface area contributed by atoms with Crippen molar-refractivity contribution in [3.63, 3.8) is 0 Å². The highest BCUT2D eigenvalue weighted by molar-refractivity contribution is 6.36. The van der Waals surface area contributed by atoms with Crippen molar-refractivity contribution >= 4 is 52.3 Å². The van der Waals surface area contributed by atoms with Gasteiger partial charge in [-0.1, -0.05) is 46.9 Å². The van der Waals surface area contributed by atoms with Crippen LogP contribution in [0.3, 0.4) is 0 Å². The number of benzene rings is 3. The molecule has 0 aliphatic carbocycles. The van der Waals surface area contributed by atoms with E-state index >= 15 is 0 Å². The predicted molar refractivity (Wildman–Crippen MR) is 124 cm³/mol. The lowest BCUT2D eigenvalue weighted by Gasteiger charge is -2.24. The first-order chi connectivity index (χ1) is 14.9. The molecule has 5 nitrogen and oxygen atoms in total. The molecule has 8 heteroatoms. The Hall–Kier alpha value is -2.73. The molecule has 1 N–H and O–H groups in total. The molecule has 3 aromatic carbocycles. The van der Waals surface area contributed by atoms with Gasteiger partial charge in [-0.15, -0.1) is 0 Å². The number of anilines is 1. The van der Waals surface area contributed by atoms with Gasteiger partial charge in [-0.25, -0.2) is 0 Å². The van der Waals surface area contributed by atoms with E-state index in [9.17, 15) is 9.59 Å². The average molecular weight is 478 g/mol. The molecule has 0 spiro atoms. The maximum Gasteiger partial charge on any atom is 0.254 e. The molecule has 2 amide bonds. The molecule has 0 fully saturated rings. The summed E-state index contributed by atoms with van der Waals surface area (Å²) in [7, 11) is 1.54. The summed E-state index contributed by atoms with van der Waals surface area (Å²) >= 11 is 18.6. The minimum atomic E-state index is -0.382. The van der Waals surface area contributed by atoms with Gasteiger partial charge in [-0.2, -0.15) is 0 Å². The number of ether oxygens (including phenoxy) is 1. The summed E-state index contributed by atoms with van der Waals surface area (Å²) in [5.74, 6) is -0.108. The molecule has 0 radical (unpaired) electrons. The van der Waals surface area contributed by atoms with Crippen LogP contribution in [-0.4, -0.2) is 30.4 Å². The fourth-order valence-electron chi connectivity index (χ4n) is 2.93. The third kappa shape index (κ3) is 6.14. The number of rotatable bonds is 7. The van der Waals surface area contributed by atoms with Crippen molar-refractivity contribution in [1.82, 2.24) is 4.90 Å². The van der Waals surface area contributed by atoms with Gasteiger partial charge >= 0.3 is 0 Å². The van der Waals surface area contributed by atoms with Gasteiger partial charge in [0.05, 0.1) is 7.11 Å². The number of halogens is 3. The fraction of sp³-hybridized carbons (Fsp3) is 0.130. The van der Waals surface area contributed by atoms with Crippen LogP contribution >= 0.6 is 34.8 Å². The lowest BCUT2D eigenvalue weighted by atomic mass is 10.1. The standard InChI is InChI=1S/C23H19Cl3N2O3/c1-31-18-10-8-15(9-11-18)23(30)28(13-19-20(25)6-3-7-21(19)26)14-22(29)27-17-5-2-4-16(24)12-17/h2-12H,13-14H2,1H3,(H,27,29). The van der Waals surface area contributed by atoms with Gasteiger partial charge in [-0.05, 0) is 54.6 Å². The van der Waals surface area contributed by atoms with Crippen molar-refractivity contribution in [2.45, 2.75) is 6.54 Å². The lowest BCUT2D eigenvalue weighted by molar-refractivity contribution is -0.117. The highest BCUT2D eigenvalue weighted by Crippen LogP contribution is 2.26. The van der Waals surface area contributed by atoms with Crippen LogP contribution in [0.5, 0.6) is 5.75 Å². The highest BCUT2D eigenvalue weighted by Gasteiger charge is 2.22. The number of hydrogen-bond donors (Lipinski definition) is 1. The van der Waals surface area contributed by atoms with Crippen LogP contribution in [0, 0.1) is 0 Å². The van der Waals surface area contributed by atoms with E-state index in [1.807, 2.05) is 0 Å². The van der Waals surface area contributed by atoms with E-state index in [0.29, 0.717) is 37.6 Å². The van der Waals surface area contributed by atoms with Crippen molar-refractivity contribution in [2.75, 3.05) is 19.0 Å². The Morgan fingerprint density at radius 3 is 2.19 bits per heavy atom. The van der Waals surface area contributed by atoms with Gasteiger partial charge in [0.15, 0.2) is 0 Å². The third-order valence-corrected chi connectivity index (χ3v) is 5.42. The molecule has 0 saturated carbocycles. The summed E-state index contributed by atoms with van der Waals surface area (Å²) in [4.78, 5) is 27.3. The van der Waals surface area contributed by atoms with Crippen molar-refractivity contribution < 1.29 is 14.3 Å². The second kappa shape index (κ2) is 10.5. The molecule has 0 aromatic heterocycles. The Morgan fingerprint density at radius 1 is 0.935 bits per heavy atom. The first-order valence-electron chi connectivity index (χ1n) is 9.29. The topological polar surface area (TPSA) is 58.6 Å². The summed E-state index contributed by atoms with van der Waals surface area (Å²) < 4.78 is 5.14. The van der Waals surface area contributed by atoms with Crippen LogP contribution in [0.1, 0.15) is 15.9 Å². The monoisotopic (exact) mass is 476 g/mol. The molecular formula is C23H19Cl3N2O3. The highest BCUT2D eigenvalue weighted by atomic mass is 35.5. The van der Waals surface area contributed by atoms with E-state index in [-0.39, 0.29) is 24.9 Å². The van der Waals surface area contributed by atoms with E-state index < -0.39 is 0 Å². The first-order valence-corrected chi connectivity index (χ1v) is 10.4. The molecule has 0 unspecified atom stereocenters. The second-order valence-electron chi connectivity index (χ2n) is 6.65. The summed E-state index contributed by atoms with van der Waals surface area (Å²) in [6.07, 6.45) is 0. The van der Waals surface area contributed by atoms with Gasteiger partial charge in [0.25, 0.3) is 5.91 Å². The maximum atomic E-state index is 13.2. The zero-order valence-corrected chi connectivity index (χ0v) is 18.8. The molecule has 31 heavy (non-hydrogen) atoms. The van der Waals surface area contributed by atoms with E-state index in [4.69, 9.17) is 39.5 Å². The molecule has 0 heterocycles. The van der Waals surface area contributed by atoms with E-state index in [2.05, 4.69) is 5.32 Å². The van der Waals surface area contributed by atoms with Crippen molar-refractivity contribution in [1.29, 1.82) is 0 Å². The molecule has 160 valence electrons. The molecule has 0 aliphatic rings.